The lowest BCUT2D eigenvalue weighted by atomic mass is 9.99. The Hall–Kier alpha value is -3.26. The summed E-state index contributed by atoms with van der Waals surface area (Å²) in [4.78, 5) is 9.53. The van der Waals surface area contributed by atoms with Crippen LogP contribution in [-0.4, -0.2) is 21.6 Å². The minimum Gasteiger partial charge on any atom is -0.495 e. The molecule has 0 aliphatic heterocycles. The molecule has 5 aromatic rings. The van der Waals surface area contributed by atoms with Crippen molar-refractivity contribution in [2.75, 3.05) is 12.8 Å². The molecule has 3 aromatic carbocycles. The molecule has 168 valence electrons. The van der Waals surface area contributed by atoms with Crippen LogP contribution >= 0.6 is 39.7 Å². The highest BCUT2D eigenvalue weighted by atomic mass is 79.9. The van der Waals surface area contributed by atoms with Gasteiger partial charge < -0.3 is 10.5 Å². The number of para-hydroxylation sites is 2. The number of nitrogens with zero attached hydrogens (tertiary/aromatic N) is 3. The number of pyridine rings is 1. The maximum Gasteiger partial charge on any atom is 0.207 e. The van der Waals surface area contributed by atoms with Gasteiger partial charge in [0.05, 0.1) is 23.9 Å². The molecule has 5 nitrogen and oxygen atoms in total. The van der Waals surface area contributed by atoms with Crippen LogP contribution in [0.4, 0.5) is 5.82 Å². The molecule has 2 N–H and O–H groups in total. The molecule has 2 heterocycles. The molecule has 0 aliphatic rings. The summed E-state index contributed by atoms with van der Waals surface area (Å²) in [6, 6.07) is 25.1. The fourth-order valence-corrected chi connectivity index (χ4v) is 4.57. The van der Waals surface area contributed by atoms with E-state index in [1.165, 1.54) is 0 Å². The summed E-state index contributed by atoms with van der Waals surface area (Å²) < 4.78 is 8.55. The number of hydrogen-bond donors (Lipinski definition) is 1. The third-order valence-electron chi connectivity index (χ3n) is 5.51. The van der Waals surface area contributed by atoms with E-state index in [0.717, 1.165) is 26.9 Å². The van der Waals surface area contributed by atoms with Crippen LogP contribution in [0.15, 0.2) is 83.3 Å². The summed E-state index contributed by atoms with van der Waals surface area (Å²) in [5.41, 5.74) is 11.5. The number of rotatable bonds is 4. The van der Waals surface area contributed by atoms with E-state index in [1.54, 1.807) is 11.7 Å². The number of aromatic nitrogens is 3. The number of methoxy groups -OCH3 is 1. The lowest BCUT2D eigenvalue weighted by Crippen LogP contribution is -2.10. The predicted octanol–water partition coefficient (Wildman–Crippen LogP) is 7.49. The first-order valence-corrected chi connectivity index (χ1v) is 11.9. The zero-order valence-electron chi connectivity index (χ0n) is 18.0. The van der Waals surface area contributed by atoms with Gasteiger partial charge in [-0.25, -0.2) is 4.98 Å². The largest absolute Gasteiger partial charge is 0.495 e. The standard InChI is InChI=1S/C26H18BrClN4OS/c1-33-22-5-3-2-4-21(22)32-24(29)23-19(15-8-12-18(28)13-9-15)14-20(30-25(23)31-26(32)34)16-6-10-17(27)11-7-16/h2-14H,29H2,1H3. The Labute approximate surface area is 215 Å². The second kappa shape index (κ2) is 9.18. The molecule has 34 heavy (non-hydrogen) atoms. The van der Waals surface area contributed by atoms with E-state index in [4.69, 9.17) is 44.3 Å². The lowest BCUT2D eigenvalue weighted by molar-refractivity contribution is 0.413. The molecular weight excluding hydrogens is 532 g/mol. The van der Waals surface area contributed by atoms with Gasteiger partial charge in [-0.15, -0.1) is 0 Å². The van der Waals surface area contributed by atoms with Gasteiger partial charge >= 0.3 is 0 Å². The molecule has 5 rings (SSSR count). The number of nitrogen functional groups attached to an aromatic ring is 1. The number of halogens is 2. The first-order chi connectivity index (χ1) is 16.5. The topological polar surface area (TPSA) is 66.0 Å². The molecular formula is C26H18BrClN4OS. The van der Waals surface area contributed by atoms with Gasteiger partial charge in [0.25, 0.3) is 0 Å². The number of hydrogen-bond acceptors (Lipinski definition) is 5. The SMILES string of the molecule is COc1ccccc1-n1c(N)c2c(-c3ccc(Cl)cc3)cc(-c3ccc(Br)cc3)nc2nc1=S. The normalized spacial score (nSPS) is 11.0. The first-order valence-electron chi connectivity index (χ1n) is 10.3. The van der Waals surface area contributed by atoms with Gasteiger partial charge in [0.1, 0.15) is 11.6 Å². The third kappa shape index (κ3) is 4.07. The Bertz CT molecular complexity index is 1580. The smallest absolute Gasteiger partial charge is 0.207 e. The summed E-state index contributed by atoms with van der Waals surface area (Å²) in [5.74, 6) is 1.07. The predicted molar refractivity (Wildman–Crippen MR) is 144 cm³/mol. The highest BCUT2D eigenvalue weighted by Crippen LogP contribution is 2.37. The molecule has 0 aliphatic carbocycles. The van der Waals surface area contributed by atoms with Crippen molar-refractivity contribution in [3.63, 3.8) is 0 Å². The number of ether oxygens (including phenoxy) is 1. The van der Waals surface area contributed by atoms with Crippen LogP contribution in [0.2, 0.25) is 5.02 Å². The molecule has 0 radical (unpaired) electrons. The molecule has 0 atom stereocenters. The molecule has 0 fully saturated rings. The van der Waals surface area contributed by atoms with Gasteiger partial charge in [-0.2, -0.15) is 4.98 Å². The van der Waals surface area contributed by atoms with E-state index < -0.39 is 0 Å². The van der Waals surface area contributed by atoms with E-state index in [0.29, 0.717) is 33.3 Å². The van der Waals surface area contributed by atoms with Crippen LogP contribution in [0.1, 0.15) is 0 Å². The van der Waals surface area contributed by atoms with Gasteiger partial charge in [-0.3, -0.25) is 4.57 Å². The second-order valence-corrected chi connectivity index (χ2v) is 9.27. The molecule has 2 aromatic heterocycles. The Morgan fingerprint density at radius 3 is 2.32 bits per heavy atom. The van der Waals surface area contributed by atoms with Crippen LogP contribution in [0.3, 0.4) is 0 Å². The molecule has 0 spiro atoms. The van der Waals surface area contributed by atoms with Gasteiger partial charge in [0, 0.05) is 15.1 Å². The van der Waals surface area contributed by atoms with Gasteiger partial charge in [-0.1, -0.05) is 63.9 Å². The van der Waals surface area contributed by atoms with Crippen molar-refractivity contribution in [3.05, 3.63) is 93.1 Å². The highest BCUT2D eigenvalue weighted by Gasteiger charge is 2.18. The Morgan fingerprint density at radius 1 is 0.941 bits per heavy atom. The van der Waals surface area contributed by atoms with Crippen molar-refractivity contribution >= 4 is 56.6 Å². The lowest BCUT2D eigenvalue weighted by Gasteiger charge is -2.18. The van der Waals surface area contributed by atoms with Gasteiger partial charge in [0.15, 0.2) is 5.65 Å². The number of fused-ring (bicyclic) bond motifs is 1. The zero-order valence-corrected chi connectivity index (χ0v) is 21.2. The van der Waals surface area contributed by atoms with Crippen molar-refractivity contribution in [2.45, 2.75) is 0 Å². The van der Waals surface area contributed by atoms with Crippen LogP contribution in [0.5, 0.6) is 5.75 Å². The van der Waals surface area contributed by atoms with Crippen molar-refractivity contribution in [1.82, 2.24) is 14.5 Å². The average molecular weight is 550 g/mol. The summed E-state index contributed by atoms with van der Waals surface area (Å²) in [5, 5.41) is 1.35. The maximum atomic E-state index is 6.78. The third-order valence-corrected chi connectivity index (χ3v) is 6.57. The Balaban J connectivity index is 1.86. The molecule has 0 saturated heterocycles. The van der Waals surface area contributed by atoms with Crippen LogP contribution in [0, 0.1) is 4.77 Å². The van der Waals surface area contributed by atoms with E-state index in [1.807, 2.05) is 78.9 Å². The van der Waals surface area contributed by atoms with Crippen LogP contribution in [0.25, 0.3) is 39.1 Å². The maximum absolute atomic E-state index is 6.78. The highest BCUT2D eigenvalue weighted by molar-refractivity contribution is 9.10. The average Bonchev–Trinajstić information content (AvgIpc) is 2.84. The van der Waals surface area contributed by atoms with Gasteiger partial charge in [0.2, 0.25) is 4.77 Å². The summed E-state index contributed by atoms with van der Waals surface area (Å²) in [6.07, 6.45) is 0. The number of nitrogens with two attached hydrogens (primary N) is 1. The minimum atomic E-state index is 0.289. The summed E-state index contributed by atoms with van der Waals surface area (Å²) in [6.45, 7) is 0. The zero-order chi connectivity index (χ0) is 23.8. The monoisotopic (exact) mass is 548 g/mol. The number of anilines is 1. The van der Waals surface area contributed by atoms with Crippen molar-refractivity contribution in [2.24, 2.45) is 0 Å². The van der Waals surface area contributed by atoms with E-state index >= 15 is 0 Å². The second-order valence-electron chi connectivity index (χ2n) is 7.55. The van der Waals surface area contributed by atoms with Crippen LogP contribution in [-0.2, 0) is 0 Å². The van der Waals surface area contributed by atoms with Gasteiger partial charge in [-0.05, 0) is 65.8 Å². The molecule has 0 bridgehead atoms. The summed E-state index contributed by atoms with van der Waals surface area (Å²) >= 11 is 15.3. The van der Waals surface area contributed by atoms with Crippen molar-refractivity contribution in [3.8, 4) is 33.8 Å². The Kier molecular flexibility index (Phi) is 6.08. The molecule has 0 saturated carbocycles. The number of benzene rings is 3. The van der Waals surface area contributed by atoms with Crippen molar-refractivity contribution in [1.29, 1.82) is 0 Å². The summed E-state index contributed by atoms with van der Waals surface area (Å²) in [7, 11) is 1.61. The van der Waals surface area contributed by atoms with E-state index in [2.05, 4.69) is 15.9 Å². The molecule has 0 unspecified atom stereocenters. The van der Waals surface area contributed by atoms with E-state index in [-0.39, 0.29) is 4.77 Å². The fourth-order valence-electron chi connectivity index (χ4n) is 3.89. The Morgan fingerprint density at radius 2 is 1.62 bits per heavy atom. The minimum absolute atomic E-state index is 0.289. The van der Waals surface area contributed by atoms with Crippen molar-refractivity contribution < 1.29 is 4.74 Å². The fraction of sp³-hybridized carbons (Fsp3) is 0.0385. The van der Waals surface area contributed by atoms with E-state index in [9.17, 15) is 0 Å². The van der Waals surface area contributed by atoms with Crippen LogP contribution < -0.4 is 10.5 Å². The quantitative estimate of drug-likeness (QED) is 0.235. The molecule has 8 heteroatoms. The first kappa shape index (κ1) is 22.5. The molecule has 0 amide bonds.